The van der Waals surface area contributed by atoms with Crippen molar-refractivity contribution in [3.8, 4) is 0 Å². The number of likely N-dealkylation sites (tertiary alicyclic amines) is 1. The number of hydrogen-bond acceptors (Lipinski definition) is 3. The van der Waals surface area contributed by atoms with Crippen molar-refractivity contribution in [2.45, 2.75) is 39.8 Å². The van der Waals surface area contributed by atoms with Crippen molar-refractivity contribution in [2.75, 3.05) is 32.7 Å². The average Bonchev–Trinajstić information content (AvgIpc) is 3.27. The number of aliphatic imine (C=N–C) groups is 1. The first kappa shape index (κ1) is 20.2. The van der Waals surface area contributed by atoms with Crippen LogP contribution < -0.4 is 5.32 Å². The van der Waals surface area contributed by atoms with Gasteiger partial charge in [0.15, 0.2) is 5.96 Å². The van der Waals surface area contributed by atoms with Crippen LogP contribution in [0.2, 0.25) is 0 Å². The van der Waals surface area contributed by atoms with Gasteiger partial charge >= 0.3 is 0 Å². The fraction of sp³-hybridized carbons (Fsp3) is 0.667. The van der Waals surface area contributed by atoms with E-state index >= 15 is 0 Å². The lowest BCUT2D eigenvalue weighted by Crippen LogP contribution is -2.42. The largest absolute Gasteiger partial charge is 0.357 e. The van der Waals surface area contributed by atoms with Crippen molar-refractivity contribution in [1.82, 2.24) is 24.9 Å². The standard InChI is InChI=1S/C18H30N6.HI/c1-5-19-18(20-12-17-14(2)21-22(4)15(17)3)24-11-8-16(13-24)23-9-6-7-10-23;/h6-7,16H,5,8-13H2,1-4H3,(H,19,20);1H. The Morgan fingerprint density at radius 1 is 1.32 bits per heavy atom. The highest BCUT2D eigenvalue weighted by atomic mass is 127. The molecule has 1 saturated heterocycles. The smallest absolute Gasteiger partial charge is 0.194 e. The molecule has 6 nitrogen and oxygen atoms in total. The Morgan fingerprint density at radius 2 is 2.04 bits per heavy atom. The van der Waals surface area contributed by atoms with E-state index in [1.807, 2.05) is 11.7 Å². The van der Waals surface area contributed by atoms with Gasteiger partial charge in [-0.1, -0.05) is 12.2 Å². The number of nitrogens with one attached hydrogen (secondary N) is 1. The minimum atomic E-state index is 0. The summed E-state index contributed by atoms with van der Waals surface area (Å²) in [6.45, 7) is 12.3. The zero-order valence-corrected chi connectivity index (χ0v) is 18.2. The first-order valence-corrected chi connectivity index (χ1v) is 9.01. The van der Waals surface area contributed by atoms with Crippen LogP contribution in [0.25, 0.3) is 0 Å². The summed E-state index contributed by atoms with van der Waals surface area (Å²) in [5.41, 5.74) is 3.53. The first-order valence-electron chi connectivity index (χ1n) is 9.01. The second-order valence-electron chi connectivity index (χ2n) is 6.76. The SMILES string of the molecule is CCNC(=NCc1c(C)nn(C)c1C)N1CCC(N2CC=CC2)C1.I. The molecule has 140 valence electrons. The Hall–Kier alpha value is -1.09. The van der Waals surface area contributed by atoms with Crippen molar-refractivity contribution in [3.63, 3.8) is 0 Å². The summed E-state index contributed by atoms with van der Waals surface area (Å²) in [6.07, 6.45) is 5.77. The lowest BCUT2D eigenvalue weighted by atomic mass is 10.2. The first-order chi connectivity index (χ1) is 11.6. The fourth-order valence-electron chi connectivity index (χ4n) is 3.65. The molecule has 3 rings (SSSR count). The summed E-state index contributed by atoms with van der Waals surface area (Å²) in [5, 5.41) is 7.96. The molecule has 1 unspecified atom stereocenters. The maximum atomic E-state index is 4.91. The predicted octanol–water partition coefficient (Wildman–Crippen LogP) is 2.07. The Labute approximate surface area is 168 Å². The number of nitrogens with zero attached hydrogens (tertiary/aromatic N) is 5. The Balaban J connectivity index is 0.00000225. The third-order valence-electron chi connectivity index (χ3n) is 5.21. The molecule has 7 heteroatoms. The summed E-state index contributed by atoms with van der Waals surface area (Å²) < 4.78 is 1.94. The van der Waals surface area contributed by atoms with E-state index < -0.39 is 0 Å². The van der Waals surface area contributed by atoms with E-state index in [-0.39, 0.29) is 24.0 Å². The molecule has 3 heterocycles. The topological polar surface area (TPSA) is 48.7 Å². The molecule has 1 N–H and O–H groups in total. The minimum Gasteiger partial charge on any atom is -0.357 e. The van der Waals surface area contributed by atoms with E-state index in [0.717, 1.165) is 44.4 Å². The van der Waals surface area contributed by atoms with Crippen molar-refractivity contribution in [1.29, 1.82) is 0 Å². The highest BCUT2D eigenvalue weighted by Crippen LogP contribution is 2.19. The van der Waals surface area contributed by atoms with Crippen LogP contribution >= 0.6 is 24.0 Å². The van der Waals surface area contributed by atoms with E-state index in [9.17, 15) is 0 Å². The molecule has 0 amide bonds. The van der Waals surface area contributed by atoms with E-state index in [1.165, 1.54) is 17.7 Å². The summed E-state index contributed by atoms with van der Waals surface area (Å²) in [7, 11) is 2.00. The van der Waals surface area contributed by atoms with Crippen LogP contribution in [0.15, 0.2) is 17.1 Å². The van der Waals surface area contributed by atoms with E-state index in [2.05, 4.69) is 53.1 Å². The van der Waals surface area contributed by atoms with Crippen molar-refractivity contribution < 1.29 is 0 Å². The second-order valence-corrected chi connectivity index (χ2v) is 6.76. The van der Waals surface area contributed by atoms with Gasteiger partial charge in [-0.05, 0) is 27.2 Å². The van der Waals surface area contributed by atoms with Crippen LogP contribution in [0.3, 0.4) is 0 Å². The highest BCUT2D eigenvalue weighted by Gasteiger charge is 2.29. The van der Waals surface area contributed by atoms with Gasteiger partial charge in [-0.2, -0.15) is 5.10 Å². The van der Waals surface area contributed by atoms with E-state index in [1.54, 1.807) is 0 Å². The van der Waals surface area contributed by atoms with Crippen LogP contribution in [0.4, 0.5) is 0 Å². The number of guanidine groups is 1. The quantitative estimate of drug-likeness (QED) is 0.325. The van der Waals surface area contributed by atoms with Gasteiger partial charge in [-0.15, -0.1) is 24.0 Å². The van der Waals surface area contributed by atoms with Gasteiger partial charge in [-0.3, -0.25) is 9.58 Å². The number of aryl methyl sites for hydroxylation is 2. The Kier molecular flexibility index (Phi) is 7.30. The van der Waals surface area contributed by atoms with Crippen LogP contribution in [-0.4, -0.2) is 64.3 Å². The zero-order valence-electron chi connectivity index (χ0n) is 15.8. The molecule has 0 aliphatic carbocycles. The third kappa shape index (κ3) is 4.55. The van der Waals surface area contributed by atoms with Gasteiger partial charge in [-0.25, -0.2) is 4.99 Å². The molecule has 0 saturated carbocycles. The monoisotopic (exact) mass is 458 g/mol. The lowest BCUT2D eigenvalue weighted by molar-refractivity contribution is 0.259. The number of halogens is 1. The van der Waals surface area contributed by atoms with Gasteiger partial charge in [0.25, 0.3) is 0 Å². The van der Waals surface area contributed by atoms with Gasteiger partial charge in [0.1, 0.15) is 0 Å². The molecule has 0 bridgehead atoms. The number of hydrogen-bond donors (Lipinski definition) is 1. The molecular weight excluding hydrogens is 427 g/mol. The molecule has 0 spiro atoms. The van der Waals surface area contributed by atoms with Crippen molar-refractivity contribution in [2.24, 2.45) is 12.0 Å². The molecule has 1 aromatic rings. The van der Waals surface area contributed by atoms with Crippen LogP contribution in [0, 0.1) is 13.8 Å². The van der Waals surface area contributed by atoms with Crippen molar-refractivity contribution in [3.05, 3.63) is 29.1 Å². The van der Waals surface area contributed by atoms with Crippen LogP contribution in [0.5, 0.6) is 0 Å². The van der Waals surface area contributed by atoms with E-state index in [4.69, 9.17) is 4.99 Å². The molecule has 2 aliphatic rings. The number of aromatic nitrogens is 2. The molecule has 2 aliphatic heterocycles. The van der Waals surface area contributed by atoms with Crippen LogP contribution in [-0.2, 0) is 13.6 Å². The number of rotatable bonds is 4. The normalized spacial score (nSPS) is 21.0. The molecular formula is C18H31IN6. The van der Waals surface area contributed by atoms with E-state index in [0.29, 0.717) is 12.6 Å². The summed E-state index contributed by atoms with van der Waals surface area (Å²) in [5.74, 6) is 1.04. The van der Waals surface area contributed by atoms with Crippen molar-refractivity contribution >= 4 is 29.9 Å². The molecule has 25 heavy (non-hydrogen) atoms. The molecule has 1 fully saturated rings. The van der Waals surface area contributed by atoms with Crippen LogP contribution in [0.1, 0.15) is 30.3 Å². The summed E-state index contributed by atoms with van der Waals surface area (Å²) >= 11 is 0. The minimum absolute atomic E-state index is 0. The van der Waals surface area contributed by atoms with Gasteiger partial charge < -0.3 is 10.2 Å². The predicted molar refractivity (Wildman–Crippen MR) is 114 cm³/mol. The fourth-order valence-corrected chi connectivity index (χ4v) is 3.65. The van der Waals surface area contributed by atoms with Gasteiger partial charge in [0.2, 0.25) is 0 Å². The maximum absolute atomic E-state index is 4.91. The second kappa shape index (κ2) is 9.02. The molecule has 1 atom stereocenters. The maximum Gasteiger partial charge on any atom is 0.194 e. The highest BCUT2D eigenvalue weighted by molar-refractivity contribution is 14.0. The zero-order chi connectivity index (χ0) is 17.1. The lowest BCUT2D eigenvalue weighted by Gasteiger charge is -2.25. The molecule has 0 aromatic carbocycles. The summed E-state index contributed by atoms with van der Waals surface area (Å²) in [4.78, 5) is 9.87. The van der Waals surface area contributed by atoms with Gasteiger partial charge in [0.05, 0.1) is 12.2 Å². The Bertz CT molecular complexity index is 628. The molecule has 0 radical (unpaired) electrons. The summed E-state index contributed by atoms with van der Waals surface area (Å²) in [6, 6.07) is 0.644. The Morgan fingerprint density at radius 3 is 2.64 bits per heavy atom. The third-order valence-corrected chi connectivity index (χ3v) is 5.21. The molecule has 1 aromatic heterocycles. The van der Waals surface area contributed by atoms with Gasteiger partial charge in [0, 0.05) is 57.1 Å². The average molecular weight is 458 g/mol.